The molecule has 6 heteroatoms. The number of allylic oxidation sites excluding steroid dienone is 1. The highest BCUT2D eigenvalue weighted by Gasteiger charge is 2.27. The maximum absolute atomic E-state index is 12.6. The van der Waals surface area contributed by atoms with Crippen LogP contribution in [0.4, 0.5) is 0 Å². The van der Waals surface area contributed by atoms with Crippen molar-refractivity contribution in [3.8, 4) is 11.5 Å². The van der Waals surface area contributed by atoms with Gasteiger partial charge in [-0.3, -0.25) is 9.59 Å². The van der Waals surface area contributed by atoms with E-state index in [4.69, 9.17) is 9.47 Å². The van der Waals surface area contributed by atoms with Crippen LogP contribution in [-0.4, -0.2) is 18.2 Å². The number of halogens is 2. The van der Waals surface area contributed by atoms with Crippen molar-refractivity contribution in [1.82, 2.24) is 0 Å². The van der Waals surface area contributed by atoms with Gasteiger partial charge < -0.3 is 9.47 Å². The first-order valence-electron chi connectivity index (χ1n) is 8.75. The molecule has 0 spiro atoms. The molecule has 3 aromatic rings. The summed E-state index contributed by atoms with van der Waals surface area (Å²) in [5, 5.41) is 0. The molecule has 0 fully saturated rings. The molecule has 4 nitrogen and oxygen atoms in total. The Labute approximate surface area is 184 Å². The van der Waals surface area contributed by atoms with E-state index >= 15 is 0 Å². The summed E-state index contributed by atoms with van der Waals surface area (Å²) >= 11 is 6.75. The van der Waals surface area contributed by atoms with E-state index in [1.807, 2.05) is 24.3 Å². The molecule has 0 amide bonds. The summed E-state index contributed by atoms with van der Waals surface area (Å²) in [6.45, 7) is -0.102. The van der Waals surface area contributed by atoms with Crippen molar-refractivity contribution in [2.24, 2.45) is 0 Å². The van der Waals surface area contributed by atoms with Crippen LogP contribution in [0.15, 0.2) is 81.4 Å². The highest BCUT2D eigenvalue weighted by Crippen LogP contribution is 2.35. The Hall–Kier alpha value is -2.70. The van der Waals surface area contributed by atoms with E-state index in [0.29, 0.717) is 22.6 Å². The first-order chi connectivity index (χ1) is 14.0. The van der Waals surface area contributed by atoms with Gasteiger partial charge in [-0.15, -0.1) is 0 Å². The molecule has 0 aromatic heterocycles. The fraction of sp³-hybridized carbons (Fsp3) is 0.0435. The Bertz CT molecular complexity index is 1130. The summed E-state index contributed by atoms with van der Waals surface area (Å²) < 4.78 is 13.2. The summed E-state index contributed by atoms with van der Waals surface area (Å²) in [5.74, 6) is 0.819. The van der Waals surface area contributed by atoms with Crippen LogP contribution in [-0.2, 0) is 0 Å². The van der Waals surface area contributed by atoms with Crippen molar-refractivity contribution in [2.75, 3.05) is 6.61 Å². The van der Waals surface area contributed by atoms with Crippen molar-refractivity contribution < 1.29 is 19.1 Å². The van der Waals surface area contributed by atoms with Crippen LogP contribution in [0.5, 0.6) is 11.5 Å². The van der Waals surface area contributed by atoms with Crippen LogP contribution in [0.1, 0.15) is 26.3 Å². The summed E-state index contributed by atoms with van der Waals surface area (Å²) in [5.41, 5.74) is 1.89. The van der Waals surface area contributed by atoms with Crippen LogP contribution in [0.3, 0.4) is 0 Å². The molecule has 0 atom stereocenters. The van der Waals surface area contributed by atoms with E-state index in [-0.39, 0.29) is 23.9 Å². The molecule has 4 rings (SSSR count). The number of benzene rings is 3. The van der Waals surface area contributed by atoms with E-state index < -0.39 is 0 Å². The average Bonchev–Trinajstić information content (AvgIpc) is 3.01. The van der Waals surface area contributed by atoms with Gasteiger partial charge in [-0.25, -0.2) is 0 Å². The van der Waals surface area contributed by atoms with Crippen LogP contribution < -0.4 is 9.47 Å². The quantitative estimate of drug-likeness (QED) is 0.306. The Morgan fingerprint density at radius 2 is 1.76 bits per heavy atom. The van der Waals surface area contributed by atoms with Crippen molar-refractivity contribution >= 4 is 49.5 Å². The molecule has 0 bridgehead atoms. The Morgan fingerprint density at radius 1 is 0.966 bits per heavy atom. The zero-order valence-corrected chi connectivity index (χ0v) is 18.2. The lowest BCUT2D eigenvalue weighted by molar-refractivity contribution is 0.0921. The molecule has 1 aliphatic heterocycles. The van der Waals surface area contributed by atoms with Gasteiger partial charge in [0.25, 0.3) is 0 Å². The molecule has 0 saturated heterocycles. The number of Topliss-reactive ketones (excluding diaryl/α,β-unsaturated/α-hetero) is 2. The zero-order valence-electron chi connectivity index (χ0n) is 15.0. The van der Waals surface area contributed by atoms with Crippen molar-refractivity contribution in [3.63, 3.8) is 0 Å². The number of hydrogen-bond acceptors (Lipinski definition) is 4. The average molecular weight is 514 g/mol. The molecule has 0 unspecified atom stereocenters. The van der Waals surface area contributed by atoms with E-state index in [9.17, 15) is 9.59 Å². The SMILES string of the molecule is O=C(COc1ccc2c(c1)OC(=Cc1cccc(Br)c1)C2=O)c1ccc(Br)cc1. The molecule has 0 aliphatic carbocycles. The predicted octanol–water partition coefficient (Wildman–Crippen LogP) is 6.09. The second-order valence-electron chi connectivity index (χ2n) is 6.37. The lowest BCUT2D eigenvalue weighted by Gasteiger charge is -2.07. The monoisotopic (exact) mass is 512 g/mol. The maximum atomic E-state index is 12.6. The zero-order chi connectivity index (χ0) is 20.4. The van der Waals surface area contributed by atoms with Gasteiger partial charge in [0.1, 0.15) is 11.5 Å². The summed E-state index contributed by atoms with van der Waals surface area (Å²) in [6.07, 6.45) is 1.70. The molecule has 29 heavy (non-hydrogen) atoms. The third-order valence-electron chi connectivity index (χ3n) is 4.32. The second-order valence-corrected chi connectivity index (χ2v) is 8.20. The third-order valence-corrected chi connectivity index (χ3v) is 5.35. The highest BCUT2D eigenvalue weighted by molar-refractivity contribution is 9.10. The van der Waals surface area contributed by atoms with Crippen molar-refractivity contribution in [2.45, 2.75) is 0 Å². The summed E-state index contributed by atoms with van der Waals surface area (Å²) in [6, 6.07) is 19.6. The fourth-order valence-electron chi connectivity index (χ4n) is 2.87. The van der Waals surface area contributed by atoms with Gasteiger partial charge in [0.15, 0.2) is 18.1 Å². The van der Waals surface area contributed by atoms with E-state index in [1.54, 1.807) is 48.5 Å². The lowest BCUT2D eigenvalue weighted by atomic mass is 10.1. The summed E-state index contributed by atoms with van der Waals surface area (Å²) in [4.78, 5) is 24.8. The van der Waals surface area contributed by atoms with E-state index in [0.717, 1.165) is 14.5 Å². The van der Waals surface area contributed by atoms with E-state index in [1.165, 1.54) is 0 Å². The van der Waals surface area contributed by atoms with E-state index in [2.05, 4.69) is 31.9 Å². The molecule has 0 saturated carbocycles. The Balaban J connectivity index is 1.47. The Morgan fingerprint density at radius 3 is 2.52 bits per heavy atom. The van der Waals surface area contributed by atoms with Gasteiger partial charge in [-0.1, -0.05) is 56.1 Å². The molecule has 3 aromatic carbocycles. The van der Waals surface area contributed by atoms with Crippen LogP contribution in [0, 0.1) is 0 Å². The minimum absolute atomic E-state index is 0.102. The topological polar surface area (TPSA) is 52.6 Å². The predicted molar refractivity (Wildman–Crippen MR) is 117 cm³/mol. The molecule has 0 radical (unpaired) electrons. The number of carbonyl (C=O) groups is 2. The molecule has 144 valence electrons. The smallest absolute Gasteiger partial charge is 0.231 e. The van der Waals surface area contributed by atoms with Gasteiger partial charge in [0.2, 0.25) is 5.78 Å². The summed E-state index contributed by atoms with van der Waals surface area (Å²) in [7, 11) is 0. The highest BCUT2D eigenvalue weighted by atomic mass is 79.9. The van der Waals surface area contributed by atoms with Gasteiger partial charge in [0.05, 0.1) is 5.56 Å². The fourth-order valence-corrected chi connectivity index (χ4v) is 3.55. The maximum Gasteiger partial charge on any atom is 0.231 e. The van der Waals surface area contributed by atoms with Crippen molar-refractivity contribution in [3.05, 3.63) is 98.1 Å². The first kappa shape index (κ1) is 19.6. The number of carbonyl (C=O) groups excluding carboxylic acids is 2. The number of ether oxygens (including phenoxy) is 2. The lowest BCUT2D eigenvalue weighted by Crippen LogP contribution is -2.11. The van der Waals surface area contributed by atoms with Gasteiger partial charge in [-0.2, -0.15) is 0 Å². The normalized spacial score (nSPS) is 13.9. The van der Waals surface area contributed by atoms with Crippen LogP contribution in [0.2, 0.25) is 0 Å². The van der Waals surface area contributed by atoms with Gasteiger partial charge >= 0.3 is 0 Å². The number of ketones is 2. The first-order valence-corrected chi connectivity index (χ1v) is 10.3. The minimum atomic E-state index is -0.183. The number of hydrogen-bond donors (Lipinski definition) is 0. The third kappa shape index (κ3) is 4.49. The largest absolute Gasteiger partial charge is 0.485 e. The molecule has 0 N–H and O–H groups in total. The number of fused-ring (bicyclic) bond motifs is 1. The van der Waals surface area contributed by atoms with Crippen LogP contribution in [0.25, 0.3) is 6.08 Å². The van der Waals surface area contributed by atoms with Gasteiger partial charge in [-0.05, 0) is 48.0 Å². The molecular weight excluding hydrogens is 500 g/mol. The standard InChI is InChI=1S/C23H14Br2O4/c24-16-6-4-15(5-7-16)20(26)13-28-18-8-9-19-21(12-18)29-22(23(19)27)11-14-2-1-3-17(25)10-14/h1-12H,13H2. The molecule has 1 aliphatic rings. The van der Waals surface area contributed by atoms with Gasteiger partial charge in [0, 0.05) is 20.6 Å². The molecular formula is C23H14Br2O4. The Kier molecular flexibility index (Phi) is 5.65. The van der Waals surface area contributed by atoms with Crippen LogP contribution >= 0.6 is 31.9 Å². The number of rotatable bonds is 5. The minimum Gasteiger partial charge on any atom is -0.485 e. The second kappa shape index (κ2) is 8.35. The molecule has 1 heterocycles. The van der Waals surface area contributed by atoms with Crippen molar-refractivity contribution in [1.29, 1.82) is 0 Å².